The Morgan fingerprint density at radius 2 is 1.90 bits per heavy atom. The molecule has 0 spiro atoms. The lowest BCUT2D eigenvalue weighted by Crippen LogP contribution is -2.27. The second kappa shape index (κ2) is 7.02. The van der Waals surface area contributed by atoms with Crippen LogP contribution in [0, 0.1) is 5.82 Å². The van der Waals surface area contributed by atoms with E-state index in [1.807, 2.05) is 0 Å². The number of fused-ring (bicyclic) bond motifs is 1. The smallest absolute Gasteiger partial charge is 0.337 e. The van der Waals surface area contributed by atoms with Gasteiger partial charge in [-0.15, -0.1) is 0 Å². The van der Waals surface area contributed by atoms with E-state index in [0.717, 1.165) is 12.1 Å². The first-order valence-electron chi connectivity index (χ1n) is 9.04. The highest BCUT2D eigenvalue weighted by molar-refractivity contribution is 5.93. The number of hydrogen-bond acceptors (Lipinski definition) is 2. The third kappa shape index (κ3) is 3.50. The molecule has 8 heteroatoms. The Hall–Kier alpha value is -3.16. The first kappa shape index (κ1) is 19.2. The largest absolute Gasteiger partial charge is 0.416 e. The van der Waals surface area contributed by atoms with E-state index in [0.29, 0.717) is 41.7 Å². The van der Waals surface area contributed by atoms with Gasteiger partial charge in [-0.3, -0.25) is 9.48 Å². The molecular weight excluding hydrogens is 386 g/mol. The van der Waals surface area contributed by atoms with Crippen molar-refractivity contribution < 1.29 is 22.4 Å². The zero-order valence-electron chi connectivity index (χ0n) is 15.3. The van der Waals surface area contributed by atoms with Crippen molar-refractivity contribution in [3.05, 3.63) is 66.5 Å². The van der Waals surface area contributed by atoms with Crippen LogP contribution in [0.3, 0.4) is 0 Å². The molecule has 0 N–H and O–H groups in total. The number of halogens is 4. The number of likely N-dealkylation sites (tertiary alicyclic amines) is 1. The van der Waals surface area contributed by atoms with Gasteiger partial charge in [-0.25, -0.2) is 4.39 Å². The van der Waals surface area contributed by atoms with E-state index in [1.54, 1.807) is 15.6 Å². The van der Waals surface area contributed by atoms with E-state index >= 15 is 0 Å². The zero-order chi connectivity index (χ0) is 20.8. The maximum atomic E-state index is 13.9. The van der Waals surface area contributed by atoms with Gasteiger partial charge in [-0.2, -0.15) is 18.3 Å². The van der Waals surface area contributed by atoms with E-state index < -0.39 is 17.6 Å². The summed E-state index contributed by atoms with van der Waals surface area (Å²) in [6.07, 6.45) is -2.54. The first-order chi connectivity index (χ1) is 13.8. The minimum Gasteiger partial charge on any atom is -0.337 e. The molecule has 1 atom stereocenters. The normalized spacial score (nSPS) is 17.1. The molecule has 2 heterocycles. The fourth-order valence-electron chi connectivity index (χ4n) is 3.69. The second-order valence-electron chi connectivity index (χ2n) is 6.96. The number of aromatic nitrogens is 2. The van der Waals surface area contributed by atoms with Gasteiger partial charge in [-0.05, 0) is 42.8 Å². The molecule has 1 unspecified atom stereocenters. The van der Waals surface area contributed by atoms with Crippen LogP contribution < -0.4 is 0 Å². The molecule has 1 aliphatic heterocycles. The Balaban J connectivity index is 1.77. The number of rotatable bonds is 3. The summed E-state index contributed by atoms with van der Waals surface area (Å²) in [4.78, 5) is 13.5. The molecule has 4 rings (SSSR count). The number of nitrogens with zero attached hydrogens (tertiary/aromatic N) is 3. The summed E-state index contributed by atoms with van der Waals surface area (Å²) in [5.41, 5.74) is 0.774. The molecule has 29 heavy (non-hydrogen) atoms. The van der Waals surface area contributed by atoms with Crippen molar-refractivity contribution in [1.82, 2.24) is 14.7 Å². The Labute approximate surface area is 164 Å². The van der Waals surface area contributed by atoms with Gasteiger partial charge in [0.15, 0.2) is 0 Å². The van der Waals surface area contributed by atoms with Crippen molar-refractivity contribution >= 4 is 16.8 Å². The lowest BCUT2D eigenvalue weighted by atomic mass is 10.1. The predicted octanol–water partition coefficient (Wildman–Crippen LogP) is 4.82. The quantitative estimate of drug-likeness (QED) is 0.465. The van der Waals surface area contributed by atoms with Crippen molar-refractivity contribution in [1.29, 1.82) is 0 Å². The van der Waals surface area contributed by atoms with Crippen LogP contribution in [0.25, 0.3) is 22.2 Å². The van der Waals surface area contributed by atoms with E-state index in [2.05, 4.69) is 11.7 Å². The maximum Gasteiger partial charge on any atom is 0.416 e. The van der Waals surface area contributed by atoms with Gasteiger partial charge in [0.25, 0.3) is 0 Å². The van der Waals surface area contributed by atoms with Crippen LogP contribution >= 0.6 is 0 Å². The van der Waals surface area contributed by atoms with Gasteiger partial charge >= 0.3 is 6.18 Å². The Morgan fingerprint density at radius 1 is 1.17 bits per heavy atom. The van der Waals surface area contributed by atoms with Crippen LogP contribution in [0.15, 0.2) is 55.1 Å². The fourth-order valence-corrected chi connectivity index (χ4v) is 3.69. The molecule has 2 aromatic carbocycles. The van der Waals surface area contributed by atoms with Crippen molar-refractivity contribution in [2.75, 3.05) is 13.1 Å². The predicted molar refractivity (Wildman–Crippen MR) is 101 cm³/mol. The number of benzene rings is 2. The maximum absolute atomic E-state index is 13.9. The first-order valence-corrected chi connectivity index (χ1v) is 9.04. The number of alkyl halides is 3. The van der Waals surface area contributed by atoms with Crippen molar-refractivity contribution in [2.24, 2.45) is 0 Å². The van der Waals surface area contributed by atoms with E-state index in [-0.39, 0.29) is 11.9 Å². The summed E-state index contributed by atoms with van der Waals surface area (Å²) in [5, 5.41) is 5.24. The van der Waals surface area contributed by atoms with E-state index in [1.165, 1.54) is 30.3 Å². The zero-order valence-corrected chi connectivity index (χ0v) is 15.3. The molecule has 0 bridgehead atoms. The summed E-state index contributed by atoms with van der Waals surface area (Å²) < 4.78 is 54.2. The second-order valence-corrected chi connectivity index (χ2v) is 6.96. The Kier molecular flexibility index (Phi) is 4.64. The van der Waals surface area contributed by atoms with Gasteiger partial charge in [-0.1, -0.05) is 18.7 Å². The van der Waals surface area contributed by atoms with Crippen LogP contribution in [0.5, 0.6) is 0 Å². The molecule has 4 nitrogen and oxygen atoms in total. The molecule has 1 fully saturated rings. The fraction of sp³-hybridized carbons (Fsp3) is 0.238. The van der Waals surface area contributed by atoms with Gasteiger partial charge in [0.1, 0.15) is 11.5 Å². The highest BCUT2D eigenvalue weighted by atomic mass is 19.4. The summed E-state index contributed by atoms with van der Waals surface area (Å²) >= 11 is 0. The topological polar surface area (TPSA) is 38.1 Å². The molecule has 1 saturated heterocycles. The third-order valence-electron chi connectivity index (χ3n) is 5.15. The number of carbonyl (C=O) groups is 1. The Bertz CT molecular complexity index is 1090. The highest BCUT2D eigenvalue weighted by Gasteiger charge is 2.31. The molecule has 3 aromatic rings. The SMILES string of the molecule is C=CC(=O)N1CCC(n2nc(-c3ccc(C(F)(F)F)cc3)c3ccc(F)cc32)C1. The summed E-state index contributed by atoms with van der Waals surface area (Å²) in [5.74, 6) is -0.618. The molecule has 0 aliphatic carbocycles. The van der Waals surface area contributed by atoms with Gasteiger partial charge < -0.3 is 4.90 Å². The molecule has 1 aliphatic rings. The van der Waals surface area contributed by atoms with Crippen LogP contribution in [-0.4, -0.2) is 33.7 Å². The lowest BCUT2D eigenvalue weighted by Gasteiger charge is -2.15. The number of hydrogen-bond donors (Lipinski definition) is 0. The number of carbonyl (C=O) groups excluding carboxylic acids is 1. The molecule has 0 radical (unpaired) electrons. The molecule has 0 saturated carbocycles. The van der Waals surface area contributed by atoms with E-state index in [9.17, 15) is 22.4 Å². The van der Waals surface area contributed by atoms with Crippen molar-refractivity contribution in [3.63, 3.8) is 0 Å². The average Bonchev–Trinajstić information content (AvgIpc) is 3.31. The monoisotopic (exact) mass is 403 g/mol. The van der Waals surface area contributed by atoms with Crippen molar-refractivity contribution in [3.8, 4) is 11.3 Å². The van der Waals surface area contributed by atoms with Crippen LogP contribution in [-0.2, 0) is 11.0 Å². The van der Waals surface area contributed by atoms with Crippen molar-refractivity contribution in [2.45, 2.75) is 18.6 Å². The van der Waals surface area contributed by atoms with Crippen LogP contribution in [0.2, 0.25) is 0 Å². The minimum absolute atomic E-state index is 0.161. The standard InChI is InChI=1S/C21H17F4N3O/c1-2-19(29)27-10-9-16(12-27)28-18-11-15(22)7-8-17(18)20(26-28)13-3-5-14(6-4-13)21(23,24)25/h2-8,11,16H,1,9-10,12H2. The molecule has 1 amide bonds. The Morgan fingerprint density at radius 3 is 2.55 bits per heavy atom. The molecule has 150 valence electrons. The lowest BCUT2D eigenvalue weighted by molar-refractivity contribution is -0.137. The summed E-state index contributed by atoms with van der Waals surface area (Å²) in [7, 11) is 0. The molecule has 1 aromatic heterocycles. The average molecular weight is 403 g/mol. The van der Waals surface area contributed by atoms with Crippen LogP contribution in [0.1, 0.15) is 18.0 Å². The minimum atomic E-state index is -4.42. The summed E-state index contributed by atoms with van der Waals surface area (Å²) in [6, 6.07) is 8.79. The van der Waals surface area contributed by atoms with Gasteiger partial charge in [0, 0.05) is 24.0 Å². The third-order valence-corrected chi connectivity index (χ3v) is 5.15. The van der Waals surface area contributed by atoms with Gasteiger partial charge in [0.05, 0.1) is 17.1 Å². The molecular formula is C21H17F4N3O. The van der Waals surface area contributed by atoms with E-state index in [4.69, 9.17) is 0 Å². The van der Waals surface area contributed by atoms with Gasteiger partial charge in [0.2, 0.25) is 5.91 Å². The summed E-state index contributed by atoms with van der Waals surface area (Å²) in [6.45, 7) is 4.43. The highest BCUT2D eigenvalue weighted by Crippen LogP contribution is 2.35. The van der Waals surface area contributed by atoms with Crippen LogP contribution in [0.4, 0.5) is 17.6 Å². The number of amides is 1.